The highest BCUT2D eigenvalue weighted by Crippen LogP contribution is 2.27. The fourth-order valence-corrected chi connectivity index (χ4v) is 3.76. The molecule has 1 N–H and O–H groups in total. The summed E-state index contributed by atoms with van der Waals surface area (Å²) in [6.45, 7) is 3.84. The molecule has 0 amide bonds. The zero-order valence-electron chi connectivity index (χ0n) is 18.7. The van der Waals surface area contributed by atoms with Gasteiger partial charge in [0.25, 0.3) is 11.4 Å². The fourth-order valence-electron chi connectivity index (χ4n) is 3.65. The van der Waals surface area contributed by atoms with E-state index in [0.717, 1.165) is 18.4 Å². The van der Waals surface area contributed by atoms with Crippen molar-refractivity contribution in [1.29, 1.82) is 0 Å². The van der Waals surface area contributed by atoms with E-state index in [9.17, 15) is 14.3 Å². The number of aryl methyl sites for hydroxylation is 1. The lowest BCUT2D eigenvalue weighted by atomic mass is 10.1. The monoisotopic (exact) mass is 483 g/mol. The van der Waals surface area contributed by atoms with Crippen molar-refractivity contribution < 1.29 is 13.9 Å². The van der Waals surface area contributed by atoms with Crippen LogP contribution in [0, 0.1) is 5.82 Å². The molecule has 0 saturated heterocycles. The highest BCUT2D eigenvalue weighted by molar-refractivity contribution is 6.30. The lowest BCUT2D eigenvalue weighted by molar-refractivity contribution is 0.431. The first-order valence-electron chi connectivity index (χ1n) is 10.9. The molecular formula is C24H23ClFN5O3. The largest absolute Gasteiger partial charge is 0.493 e. The van der Waals surface area contributed by atoms with Crippen LogP contribution in [0.4, 0.5) is 4.39 Å². The summed E-state index contributed by atoms with van der Waals surface area (Å²) in [4.78, 5) is 22.1. The van der Waals surface area contributed by atoms with Crippen molar-refractivity contribution in [2.75, 3.05) is 0 Å². The second kappa shape index (κ2) is 10.1. The Hall–Kier alpha value is -3.59. The topological polar surface area (TPSA) is 107 Å². The Labute approximate surface area is 200 Å². The van der Waals surface area contributed by atoms with E-state index in [-0.39, 0.29) is 29.6 Å². The van der Waals surface area contributed by atoms with E-state index in [1.54, 1.807) is 24.3 Å². The first-order valence-corrected chi connectivity index (χ1v) is 11.3. The SMILES string of the molecule is CCCCc1nc(O)c(-c2nnc(Cc3ccc(Cl)cn3)o2)c(=O)n1C(C)c1ccc(F)cc1. The molecule has 0 bridgehead atoms. The molecule has 4 rings (SSSR count). The Morgan fingerprint density at radius 1 is 1.18 bits per heavy atom. The first kappa shape index (κ1) is 23.6. The third-order valence-electron chi connectivity index (χ3n) is 5.46. The zero-order valence-corrected chi connectivity index (χ0v) is 19.5. The molecule has 0 spiro atoms. The Morgan fingerprint density at radius 2 is 1.94 bits per heavy atom. The molecule has 0 aliphatic carbocycles. The van der Waals surface area contributed by atoms with Gasteiger partial charge in [-0.2, -0.15) is 4.98 Å². The van der Waals surface area contributed by atoms with Gasteiger partial charge in [-0.05, 0) is 43.2 Å². The smallest absolute Gasteiger partial charge is 0.270 e. The number of aromatic hydroxyl groups is 1. The number of pyridine rings is 1. The van der Waals surface area contributed by atoms with Crippen LogP contribution in [0.1, 0.15) is 55.7 Å². The van der Waals surface area contributed by atoms with E-state index in [0.29, 0.717) is 23.0 Å². The number of unbranched alkanes of at least 4 members (excludes halogenated alkanes) is 1. The van der Waals surface area contributed by atoms with Crippen LogP contribution < -0.4 is 5.56 Å². The minimum atomic E-state index is -0.518. The molecule has 10 heteroatoms. The molecule has 0 fully saturated rings. The molecule has 1 aromatic carbocycles. The van der Waals surface area contributed by atoms with Gasteiger partial charge >= 0.3 is 0 Å². The summed E-state index contributed by atoms with van der Waals surface area (Å²) in [5.41, 5.74) is 0.672. The predicted molar refractivity (Wildman–Crippen MR) is 124 cm³/mol. The molecule has 4 aromatic rings. The number of halogens is 2. The predicted octanol–water partition coefficient (Wildman–Crippen LogP) is 4.73. The molecule has 34 heavy (non-hydrogen) atoms. The molecule has 0 aliphatic heterocycles. The van der Waals surface area contributed by atoms with Crippen LogP contribution in [0.3, 0.4) is 0 Å². The Morgan fingerprint density at radius 3 is 2.62 bits per heavy atom. The second-order valence-electron chi connectivity index (χ2n) is 7.88. The lowest BCUT2D eigenvalue weighted by Gasteiger charge is -2.20. The van der Waals surface area contributed by atoms with Crippen LogP contribution in [-0.2, 0) is 12.8 Å². The summed E-state index contributed by atoms with van der Waals surface area (Å²) in [5, 5.41) is 19.1. The van der Waals surface area contributed by atoms with E-state index in [2.05, 4.69) is 20.2 Å². The maximum Gasteiger partial charge on any atom is 0.270 e. The Balaban J connectivity index is 1.75. The molecule has 0 saturated carbocycles. The number of nitrogens with zero attached hydrogens (tertiary/aromatic N) is 5. The summed E-state index contributed by atoms with van der Waals surface area (Å²) in [5.74, 6) is -0.334. The van der Waals surface area contributed by atoms with Crippen molar-refractivity contribution in [1.82, 2.24) is 24.7 Å². The van der Waals surface area contributed by atoms with Crippen LogP contribution in [-0.4, -0.2) is 29.8 Å². The van der Waals surface area contributed by atoms with Gasteiger partial charge in [0.05, 0.1) is 17.5 Å². The fraction of sp³-hybridized carbons (Fsp3) is 0.292. The quantitative estimate of drug-likeness (QED) is 0.386. The van der Waals surface area contributed by atoms with Gasteiger partial charge in [-0.15, -0.1) is 10.2 Å². The molecule has 3 heterocycles. The average Bonchev–Trinajstić information content (AvgIpc) is 3.27. The normalized spacial score (nSPS) is 12.1. The van der Waals surface area contributed by atoms with E-state index in [1.807, 2.05) is 13.8 Å². The number of rotatable bonds is 8. The van der Waals surface area contributed by atoms with Crippen molar-refractivity contribution >= 4 is 11.6 Å². The maximum absolute atomic E-state index is 13.6. The number of hydrogen-bond donors (Lipinski definition) is 1. The van der Waals surface area contributed by atoms with Gasteiger partial charge in [0.15, 0.2) is 5.56 Å². The van der Waals surface area contributed by atoms with Gasteiger partial charge in [-0.3, -0.25) is 14.3 Å². The van der Waals surface area contributed by atoms with Crippen LogP contribution in [0.2, 0.25) is 5.02 Å². The molecule has 1 atom stereocenters. The molecule has 0 aliphatic rings. The maximum atomic E-state index is 13.6. The van der Waals surface area contributed by atoms with E-state index in [1.165, 1.54) is 22.9 Å². The van der Waals surface area contributed by atoms with Crippen molar-refractivity contribution in [2.24, 2.45) is 0 Å². The second-order valence-corrected chi connectivity index (χ2v) is 8.31. The number of benzene rings is 1. The minimum Gasteiger partial charge on any atom is -0.493 e. The van der Waals surface area contributed by atoms with Gasteiger partial charge in [-0.1, -0.05) is 37.1 Å². The number of hydrogen-bond acceptors (Lipinski definition) is 7. The molecule has 3 aromatic heterocycles. The van der Waals surface area contributed by atoms with Gasteiger partial charge in [0.2, 0.25) is 11.8 Å². The van der Waals surface area contributed by atoms with E-state index >= 15 is 0 Å². The Kier molecular flexibility index (Phi) is 7.02. The molecule has 176 valence electrons. The average molecular weight is 484 g/mol. The van der Waals surface area contributed by atoms with Crippen molar-refractivity contribution in [3.63, 3.8) is 0 Å². The summed E-state index contributed by atoms with van der Waals surface area (Å²) in [7, 11) is 0. The van der Waals surface area contributed by atoms with Crippen LogP contribution in [0.25, 0.3) is 11.5 Å². The molecular weight excluding hydrogens is 461 g/mol. The summed E-state index contributed by atoms with van der Waals surface area (Å²) in [6, 6.07) is 8.87. The van der Waals surface area contributed by atoms with Gasteiger partial charge in [-0.25, -0.2) is 4.39 Å². The highest BCUT2D eigenvalue weighted by Gasteiger charge is 2.25. The highest BCUT2D eigenvalue weighted by atomic mass is 35.5. The third kappa shape index (κ3) is 4.99. The van der Waals surface area contributed by atoms with E-state index in [4.69, 9.17) is 16.0 Å². The van der Waals surface area contributed by atoms with Crippen molar-refractivity contribution in [3.8, 4) is 17.3 Å². The van der Waals surface area contributed by atoms with Crippen molar-refractivity contribution in [2.45, 2.75) is 45.6 Å². The van der Waals surface area contributed by atoms with Crippen LogP contribution in [0.5, 0.6) is 5.88 Å². The van der Waals surface area contributed by atoms with Gasteiger partial charge in [0.1, 0.15) is 11.6 Å². The Bertz CT molecular complexity index is 1340. The van der Waals surface area contributed by atoms with Gasteiger partial charge in [0, 0.05) is 18.3 Å². The lowest BCUT2D eigenvalue weighted by Crippen LogP contribution is -2.30. The van der Waals surface area contributed by atoms with Gasteiger partial charge < -0.3 is 9.52 Å². The van der Waals surface area contributed by atoms with Crippen molar-refractivity contribution in [3.05, 3.63) is 86.8 Å². The molecule has 0 radical (unpaired) electrons. The van der Waals surface area contributed by atoms with Crippen LogP contribution in [0.15, 0.2) is 51.8 Å². The minimum absolute atomic E-state index is 0.138. The summed E-state index contributed by atoms with van der Waals surface area (Å²) >= 11 is 5.87. The summed E-state index contributed by atoms with van der Waals surface area (Å²) < 4.78 is 20.6. The zero-order chi connectivity index (χ0) is 24.2. The number of aromatic nitrogens is 5. The first-order chi connectivity index (χ1) is 16.4. The van der Waals surface area contributed by atoms with Crippen LogP contribution >= 0.6 is 11.6 Å². The summed E-state index contributed by atoms with van der Waals surface area (Å²) in [6.07, 6.45) is 3.89. The standard InChI is InChI=1S/C24H23ClFN5O3/c1-3-4-5-19-28-22(32)21(24(33)31(19)14(2)15-6-9-17(26)10-7-15)23-30-29-20(34-23)12-18-11-8-16(25)13-27-18/h6-11,13-14,32H,3-5,12H2,1-2H3. The molecule has 1 unspecified atom stereocenters. The molecule has 8 nitrogen and oxygen atoms in total. The van der Waals surface area contributed by atoms with E-state index < -0.39 is 17.5 Å². The third-order valence-corrected chi connectivity index (χ3v) is 5.69.